The van der Waals surface area contributed by atoms with Crippen LogP contribution in [0.1, 0.15) is 42.7 Å². The number of amides is 1. The fraction of sp³-hybridized carbons (Fsp3) is 0.625. The summed E-state index contributed by atoms with van der Waals surface area (Å²) in [5.74, 6) is -0.0506. The number of nitrogens with one attached hydrogen (secondary N) is 2. The first kappa shape index (κ1) is 15.8. The number of pyridine rings is 1. The molecule has 1 aromatic heterocycles. The standard InChI is InChI=1S/C16H26N4O/c1-4-17-15-10-12(3)19-11-14(15)16(21)18-8-9-20(5-2)13-6-7-13/h10-11,13H,4-9H2,1-3H3,(H,17,19)(H,18,21). The SMILES string of the molecule is CCNc1cc(C)ncc1C(=O)NCCN(CC)C1CC1. The number of nitrogens with zero attached hydrogens (tertiary/aromatic N) is 2. The fourth-order valence-electron chi connectivity index (χ4n) is 2.52. The lowest BCUT2D eigenvalue weighted by Crippen LogP contribution is -2.36. The van der Waals surface area contributed by atoms with Crippen molar-refractivity contribution < 1.29 is 4.79 Å². The lowest BCUT2D eigenvalue weighted by atomic mass is 10.2. The predicted molar refractivity (Wildman–Crippen MR) is 85.7 cm³/mol. The van der Waals surface area contributed by atoms with E-state index in [4.69, 9.17) is 0 Å². The minimum absolute atomic E-state index is 0.0506. The van der Waals surface area contributed by atoms with E-state index in [2.05, 4.69) is 27.4 Å². The van der Waals surface area contributed by atoms with E-state index in [9.17, 15) is 4.79 Å². The molecule has 1 heterocycles. The largest absolute Gasteiger partial charge is 0.385 e. The second-order valence-electron chi connectivity index (χ2n) is 5.52. The summed E-state index contributed by atoms with van der Waals surface area (Å²) in [5, 5.41) is 6.23. The van der Waals surface area contributed by atoms with Gasteiger partial charge in [0.05, 0.1) is 11.3 Å². The van der Waals surface area contributed by atoms with Crippen molar-refractivity contribution in [1.82, 2.24) is 15.2 Å². The van der Waals surface area contributed by atoms with E-state index >= 15 is 0 Å². The number of hydrogen-bond donors (Lipinski definition) is 2. The van der Waals surface area contributed by atoms with Crippen LogP contribution in [0.2, 0.25) is 0 Å². The van der Waals surface area contributed by atoms with Gasteiger partial charge in [-0.2, -0.15) is 0 Å². The Morgan fingerprint density at radius 3 is 2.81 bits per heavy atom. The lowest BCUT2D eigenvalue weighted by Gasteiger charge is -2.20. The molecule has 0 aromatic carbocycles. The van der Waals surface area contributed by atoms with Crippen LogP contribution in [0, 0.1) is 6.92 Å². The Bertz CT molecular complexity index is 485. The molecule has 21 heavy (non-hydrogen) atoms. The van der Waals surface area contributed by atoms with Gasteiger partial charge in [0.2, 0.25) is 0 Å². The fourth-order valence-corrected chi connectivity index (χ4v) is 2.52. The second-order valence-corrected chi connectivity index (χ2v) is 5.52. The number of hydrogen-bond acceptors (Lipinski definition) is 4. The van der Waals surface area contributed by atoms with E-state index < -0.39 is 0 Å². The molecule has 2 N–H and O–H groups in total. The Labute approximate surface area is 127 Å². The van der Waals surface area contributed by atoms with Crippen molar-refractivity contribution in [2.24, 2.45) is 0 Å². The third kappa shape index (κ3) is 4.43. The number of likely N-dealkylation sites (N-methyl/N-ethyl adjacent to an activating group) is 1. The Morgan fingerprint density at radius 1 is 1.43 bits per heavy atom. The number of carbonyl (C=O) groups is 1. The summed E-state index contributed by atoms with van der Waals surface area (Å²) in [6.07, 6.45) is 4.25. The summed E-state index contributed by atoms with van der Waals surface area (Å²) in [5.41, 5.74) is 2.39. The van der Waals surface area contributed by atoms with Crippen LogP contribution in [-0.4, -0.2) is 48.0 Å². The highest BCUT2D eigenvalue weighted by molar-refractivity contribution is 5.99. The molecule has 0 radical (unpaired) electrons. The van der Waals surface area contributed by atoms with Crippen LogP contribution in [0.15, 0.2) is 12.3 Å². The highest BCUT2D eigenvalue weighted by Crippen LogP contribution is 2.25. The van der Waals surface area contributed by atoms with E-state index in [0.29, 0.717) is 12.1 Å². The molecule has 5 nitrogen and oxygen atoms in total. The molecule has 1 aliphatic carbocycles. The van der Waals surface area contributed by atoms with Crippen molar-refractivity contribution >= 4 is 11.6 Å². The number of anilines is 1. The molecule has 0 atom stereocenters. The van der Waals surface area contributed by atoms with Crippen LogP contribution in [0.4, 0.5) is 5.69 Å². The number of aromatic nitrogens is 1. The van der Waals surface area contributed by atoms with Crippen LogP contribution in [-0.2, 0) is 0 Å². The molecule has 1 aromatic rings. The van der Waals surface area contributed by atoms with E-state index in [1.54, 1.807) is 6.20 Å². The van der Waals surface area contributed by atoms with Gasteiger partial charge in [-0.25, -0.2) is 0 Å². The molecule has 5 heteroatoms. The van der Waals surface area contributed by atoms with Gasteiger partial charge in [-0.1, -0.05) is 6.92 Å². The van der Waals surface area contributed by atoms with E-state index in [0.717, 1.165) is 37.1 Å². The van der Waals surface area contributed by atoms with Gasteiger partial charge < -0.3 is 10.6 Å². The van der Waals surface area contributed by atoms with Gasteiger partial charge >= 0.3 is 0 Å². The van der Waals surface area contributed by atoms with Gasteiger partial charge in [0.1, 0.15) is 0 Å². The highest BCUT2D eigenvalue weighted by Gasteiger charge is 2.27. The topological polar surface area (TPSA) is 57.3 Å². The smallest absolute Gasteiger partial charge is 0.254 e. The molecule has 0 aliphatic heterocycles. The summed E-state index contributed by atoms with van der Waals surface area (Å²) >= 11 is 0. The Morgan fingerprint density at radius 2 is 2.19 bits per heavy atom. The molecule has 1 aliphatic rings. The zero-order valence-corrected chi connectivity index (χ0v) is 13.3. The van der Waals surface area contributed by atoms with Crippen LogP contribution >= 0.6 is 0 Å². The summed E-state index contributed by atoms with van der Waals surface area (Å²) in [6, 6.07) is 2.66. The van der Waals surface area contributed by atoms with Crippen molar-refractivity contribution in [2.45, 2.75) is 39.7 Å². The van der Waals surface area contributed by atoms with Gasteiger partial charge in [0, 0.05) is 37.6 Å². The summed E-state index contributed by atoms with van der Waals surface area (Å²) in [7, 11) is 0. The summed E-state index contributed by atoms with van der Waals surface area (Å²) < 4.78 is 0. The first-order valence-corrected chi connectivity index (χ1v) is 7.88. The van der Waals surface area contributed by atoms with Crippen molar-refractivity contribution in [3.05, 3.63) is 23.5 Å². The number of carbonyl (C=O) groups excluding carboxylic acids is 1. The normalized spacial score (nSPS) is 14.3. The zero-order valence-electron chi connectivity index (χ0n) is 13.3. The second kappa shape index (κ2) is 7.41. The maximum atomic E-state index is 12.3. The van der Waals surface area contributed by atoms with Gasteiger partial charge in [-0.3, -0.25) is 14.7 Å². The van der Waals surface area contributed by atoms with Crippen molar-refractivity contribution in [3.63, 3.8) is 0 Å². The Hall–Kier alpha value is -1.62. The molecular weight excluding hydrogens is 264 g/mol. The minimum Gasteiger partial charge on any atom is -0.385 e. The molecule has 116 valence electrons. The number of rotatable bonds is 8. The molecule has 2 rings (SSSR count). The minimum atomic E-state index is -0.0506. The number of aryl methyl sites for hydroxylation is 1. The van der Waals surface area contributed by atoms with E-state index in [-0.39, 0.29) is 5.91 Å². The molecule has 1 saturated carbocycles. The molecule has 0 bridgehead atoms. The van der Waals surface area contributed by atoms with E-state index in [1.165, 1.54) is 12.8 Å². The van der Waals surface area contributed by atoms with Gasteiger partial charge in [0.25, 0.3) is 5.91 Å². The molecule has 1 amide bonds. The van der Waals surface area contributed by atoms with Crippen molar-refractivity contribution in [1.29, 1.82) is 0 Å². The lowest BCUT2D eigenvalue weighted by molar-refractivity contribution is 0.0948. The van der Waals surface area contributed by atoms with Crippen LogP contribution in [0.3, 0.4) is 0 Å². The van der Waals surface area contributed by atoms with Crippen LogP contribution < -0.4 is 10.6 Å². The monoisotopic (exact) mass is 290 g/mol. The van der Waals surface area contributed by atoms with Crippen LogP contribution in [0.5, 0.6) is 0 Å². The third-order valence-electron chi connectivity index (χ3n) is 3.81. The van der Waals surface area contributed by atoms with Gasteiger partial charge in [0.15, 0.2) is 0 Å². The molecule has 0 saturated heterocycles. The Kier molecular flexibility index (Phi) is 5.56. The molecule has 0 spiro atoms. The maximum Gasteiger partial charge on any atom is 0.254 e. The third-order valence-corrected chi connectivity index (χ3v) is 3.81. The molecular formula is C16H26N4O. The van der Waals surface area contributed by atoms with Gasteiger partial charge in [-0.15, -0.1) is 0 Å². The average molecular weight is 290 g/mol. The molecule has 1 fully saturated rings. The molecule has 0 unspecified atom stereocenters. The predicted octanol–water partition coefficient (Wildman–Crippen LogP) is 2.04. The first-order chi connectivity index (χ1) is 10.2. The first-order valence-electron chi connectivity index (χ1n) is 7.88. The van der Waals surface area contributed by atoms with E-state index in [1.807, 2.05) is 19.9 Å². The average Bonchev–Trinajstić information content (AvgIpc) is 3.28. The van der Waals surface area contributed by atoms with Crippen LogP contribution in [0.25, 0.3) is 0 Å². The summed E-state index contributed by atoms with van der Waals surface area (Å²) in [6.45, 7) is 9.56. The summed E-state index contributed by atoms with van der Waals surface area (Å²) in [4.78, 5) is 19.0. The zero-order chi connectivity index (χ0) is 15.2. The Balaban J connectivity index is 1.90. The maximum absolute atomic E-state index is 12.3. The highest BCUT2D eigenvalue weighted by atomic mass is 16.1. The van der Waals surface area contributed by atoms with Gasteiger partial charge in [-0.05, 0) is 39.3 Å². The quantitative estimate of drug-likeness (QED) is 0.769. The van der Waals surface area contributed by atoms with Crippen molar-refractivity contribution in [3.8, 4) is 0 Å². The van der Waals surface area contributed by atoms with Crippen molar-refractivity contribution in [2.75, 3.05) is 31.5 Å².